The fraction of sp³-hybridized carbons (Fsp3) is 0.444. The first kappa shape index (κ1) is 17.5. The monoisotopic (exact) mass is 351 g/mol. The van der Waals surface area contributed by atoms with Crippen LogP contribution in [0.5, 0.6) is 0 Å². The van der Waals surface area contributed by atoms with Gasteiger partial charge >= 0.3 is 6.18 Å². The summed E-state index contributed by atoms with van der Waals surface area (Å²) in [6.07, 6.45) is -1.16. The van der Waals surface area contributed by atoms with Crippen molar-refractivity contribution in [1.29, 1.82) is 0 Å². The molecule has 0 aliphatic carbocycles. The summed E-state index contributed by atoms with van der Waals surface area (Å²) < 4.78 is 38.7. The fourth-order valence-corrected chi connectivity index (χ4v) is 3.34. The average molecular weight is 351 g/mol. The zero-order chi connectivity index (χ0) is 18.2. The number of pyridine rings is 1. The Bertz CT molecular complexity index is 783. The van der Waals surface area contributed by atoms with Crippen molar-refractivity contribution in [3.63, 3.8) is 0 Å². The summed E-state index contributed by atoms with van der Waals surface area (Å²) in [6, 6.07) is 5.73. The maximum absolute atomic E-state index is 12.9. The number of nitrogens with zero attached hydrogens (tertiary/aromatic N) is 3. The molecule has 1 amide bonds. The van der Waals surface area contributed by atoms with E-state index in [0.29, 0.717) is 10.9 Å². The zero-order valence-corrected chi connectivity index (χ0v) is 14.2. The molecule has 0 saturated carbocycles. The van der Waals surface area contributed by atoms with Crippen molar-refractivity contribution in [3.8, 4) is 0 Å². The Kier molecular flexibility index (Phi) is 4.58. The van der Waals surface area contributed by atoms with Crippen LogP contribution in [-0.2, 0) is 11.0 Å². The molecule has 0 radical (unpaired) electrons. The van der Waals surface area contributed by atoms with Crippen molar-refractivity contribution in [2.75, 3.05) is 25.0 Å². The Labute approximate surface area is 144 Å². The Morgan fingerprint density at radius 2 is 1.92 bits per heavy atom. The highest BCUT2D eigenvalue weighted by atomic mass is 19.4. The first-order valence-corrected chi connectivity index (χ1v) is 8.21. The lowest BCUT2D eigenvalue weighted by Crippen LogP contribution is -2.45. The lowest BCUT2D eigenvalue weighted by atomic mass is 10.0. The van der Waals surface area contributed by atoms with E-state index in [0.717, 1.165) is 43.8 Å². The Balaban J connectivity index is 1.84. The third-order valence-electron chi connectivity index (χ3n) is 4.90. The molecular weight excluding hydrogens is 331 g/mol. The van der Waals surface area contributed by atoms with Gasteiger partial charge in [-0.1, -0.05) is 6.07 Å². The van der Waals surface area contributed by atoms with E-state index in [1.807, 2.05) is 13.1 Å². The molecule has 0 spiro atoms. The molecule has 0 N–H and O–H groups in total. The minimum absolute atomic E-state index is 0.0486. The molecule has 1 aromatic carbocycles. The van der Waals surface area contributed by atoms with Crippen LogP contribution in [0.4, 0.5) is 18.9 Å². The highest BCUT2D eigenvalue weighted by Crippen LogP contribution is 2.34. The van der Waals surface area contributed by atoms with Crippen LogP contribution in [0.3, 0.4) is 0 Å². The minimum atomic E-state index is -4.37. The third-order valence-corrected chi connectivity index (χ3v) is 4.90. The summed E-state index contributed by atoms with van der Waals surface area (Å²) in [5, 5.41) is 0.717. The third kappa shape index (κ3) is 3.55. The number of fused-ring (bicyclic) bond motifs is 1. The number of anilines is 1. The van der Waals surface area contributed by atoms with Gasteiger partial charge in [-0.3, -0.25) is 9.78 Å². The number of alkyl halides is 3. The van der Waals surface area contributed by atoms with Crippen LogP contribution in [0.2, 0.25) is 0 Å². The molecule has 0 atom stereocenters. The number of carbonyl (C=O) groups is 1. The van der Waals surface area contributed by atoms with Gasteiger partial charge in [0.25, 0.3) is 0 Å². The normalized spacial score (nSPS) is 16.3. The summed E-state index contributed by atoms with van der Waals surface area (Å²) in [7, 11) is 1.81. The van der Waals surface area contributed by atoms with E-state index in [1.165, 1.54) is 6.07 Å². The second-order valence-electron chi connectivity index (χ2n) is 6.41. The molecule has 4 nitrogen and oxygen atoms in total. The van der Waals surface area contributed by atoms with E-state index in [9.17, 15) is 18.0 Å². The minimum Gasteiger partial charge on any atom is -0.371 e. The molecule has 1 aliphatic heterocycles. The van der Waals surface area contributed by atoms with E-state index in [2.05, 4.69) is 9.88 Å². The highest BCUT2D eigenvalue weighted by molar-refractivity contribution is 5.92. The summed E-state index contributed by atoms with van der Waals surface area (Å²) in [5.41, 5.74) is 0.546. The Morgan fingerprint density at radius 1 is 1.24 bits per heavy atom. The number of amides is 1. The Hall–Kier alpha value is -2.31. The van der Waals surface area contributed by atoms with E-state index in [4.69, 9.17) is 0 Å². The maximum atomic E-state index is 12.9. The number of halogens is 3. The fourth-order valence-electron chi connectivity index (χ4n) is 3.34. The predicted molar refractivity (Wildman–Crippen MR) is 90.4 cm³/mol. The van der Waals surface area contributed by atoms with Gasteiger partial charge in [0.05, 0.1) is 11.1 Å². The molecule has 1 saturated heterocycles. The van der Waals surface area contributed by atoms with Crippen molar-refractivity contribution >= 4 is 22.5 Å². The van der Waals surface area contributed by atoms with E-state index < -0.39 is 11.7 Å². The lowest BCUT2D eigenvalue weighted by molar-refractivity contribution is -0.137. The number of aromatic nitrogens is 1. The summed E-state index contributed by atoms with van der Waals surface area (Å²) in [5.74, 6) is 0.0486. The summed E-state index contributed by atoms with van der Waals surface area (Å²) in [6.45, 7) is 3.06. The quantitative estimate of drug-likeness (QED) is 0.828. The van der Waals surface area contributed by atoms with Crippen LogP contribution in [-0.4, -0.2) is 42.0 Å². The number of carbonyl (C=O) groups excluding carboxylic acids is 1. The van der Waals surface area contributed by atoms with Crippen LogP contribution in [0, 0.1) is 0 Å². The molecule has 1 aromatic heterocycles. The van der Waals surface area contributed by atoms with Crippen LogP contribution in [0.1, 0.15) is 25.3 Å². The first-order valence-electron chi connectivity index (χ1n) is 8.21. The predicted octanol–water partition coefficient (Wildman–Crippen LogP) is 3.70. The van der Waals surface area contributed by atoms with Crippen LogP contribution < -0.4 is 4.90 Å². The van der Waals surface area contributed by atoms with Crippen LogP contribution in [0.15, 0.2) is 30.5 Å². The molecule has 134 valence electrons. The molecule has 1 fully saturated rings. The van der Waals surface area contributed by atoms with E-state index in [1.54, 1.807) is 18.0 Å². The number of hydrogen-bond donors (Lipinski definition) is 0. The van der Waals surface area contributed by atoms with E-state index in [-0.39, 0.29) is 11.9 Å². The number of piperidine rings is 1. The van der Waals surface area contributed by atoms with Gasteiger partial charge in [0.1, 0.15) is 0 Å². The second-order valence-corrected chi connectivity index (χ2v) is 6.41. The molecule has 2 heterocycles. The van der Waals surface area contributed by atoms with Gasteiger partial charge in [-0.05, 0) is 31.0 Å². The van der Waals surface area contributed by atoms with Crippen molar-refractivity contribution in [3.05, 3.63) is 36.0 Å². The van der Waals surface area contributed by atoms with E-state index >= 15 is 0 Å². The smallest absolute Gasteiger partial charge is 0.371 e. The SMILES string of the molecule is CC(=O)N(C)C1CCN(c2ccnc3cc(C(F)(F)F)ccc23)CC1. The molecule has 0 unspecified atom stereocenters. The molecule has 2 aromatic rings. The van der Waals surface area contributed by atoms with Gasteiger partial charge in [-0.15, -0.1) is 0 Å². The first-order chi connectivity index (χ1) is 11.8. The standard InChI is InChI=1S/C18H20F3N3O/c1-12(25)23(2)14-6-9-24(10-7-14)17-5-8-22-16-11-13(18(19,20)21)3-4-15(16)17/h3-5,8,11,14H,6-7,9-10H2,1-2H3. The van der Waals surface area contributed by atoms with Crippen molar-refractivity contribution in [1.82, 2.24) is 9.88 Å². The molecular formula is C18H20F3N3O. The largest absolute Gasteiger partial charge is 0.416 e. The zero-order valence-electron chi connectivity index (χ0n) is 14.2. The average Bonchev–Trinajstić information content (AvgIpc) is 2.59. The number of hydrogen-bond acceptors (Lipinski definition) is 3. The van der Waals surface area contributed by atoms with Crippen molar-refractivity contribution in [2.24, 2.45) is 0 Å². The topological polar surface area (TPSA) is 36.4 Å². The lowest BCUT2D eigenvalue weighted by Gasteiger charge is -2.37. The Morgan fingerprint density at radius 3 is 2.52 bits per heavy atom. The molecule has 0 bridgehead atoms. The maximum Gasteiger partial charge on any atom is 0.416 e. The molecule has 3 rings (SSSR count). The van der Waals surface area contributed by atoms with Crippen LogP contribution in [0.25, 0.3) is 10.9 Å². The molecule has 1 aliphatic rings. The molecule has 25 heavy (non-hydrogen) atoms. The van der Waals surface area contributed by atoms with Crippen molar-refractivity contribution < 1.29 is 18.0 Å². The van der Waals surface area contributed by atoms with Gasteiger partial charge < -0.3 is 9.80 Å². The van der Waals surface area contributed by atoms with Gasteiger partial charge in [-0.2, -0.15) is 13.2 Å². The number of rotatable bonds is 2. The number of benzene rings is 1. The molecule has 7 heteroatoms. The van der Waals surface area contributed by atoms with Crippen LogP contribution >= 0.6 is 0 Å². The van der Waals surface area contributed by atoms with Gasteiger partial charge in [-0.25, -0.2) is 0 Å². The van der Waals surface area contributed by atoms with Gasteiger partial charge in [0.15, 0.2) is 0 Å². The highest BCUT2D eigenvalue weighted by Gasteiger charge is 2.31. The summed E-state index contributed by atoms with van der Waals surface area (Å²) in [4.78, 5) is 19.5. The van der Waals surface area contributed by atoms with Crippen molar-refractivity contribution in [2.45, 2.75) is 32.0 Å². The van der Waals surface area contributed by atoms with Gasteiger partial charge in [0.2, 0.25) is 5.91 Å². The van der Waals surface area contributed by atoms with Gasteiger partial charge in [0, 0.05) is 50.4 Å². The summed E-state index contributed by atoms with van der Waals surface area (Å²) >= 11 is 0. The second kappa shape index (κ2) is 6.54.